The van der Waals surface area contributed by atoms with E-state index in [0.717, 1.165) is 0 Å². The number of carbonyl (C=O) groups excluding carboxylic acids is 3. The van der Waals surface area contributed by atoms with Gasteiger partial charge in [-0.2, -0.15) is 0 Å². The molecule has 0 aromatic heterocycles. The lowest BCUT2D eigenvalue weighted by Gasteiger charge is -2.23. The molecule has 2 aromatic carbocycles. The molecular weight excluding hydrogens is 410 g/mol. The molecule has 0 heterocycles. The van der Waals surface area contributed by atoms with Gasteiger partial charge in [-0.25, -0.2) is 18.0 Å². The third kappa shape index (κ3) is 5.35. The average Bonchev–Trinajstić information content (AvgIpc) is 2.74. The molecule has 0 aliphatic carbocycles. The number of ether oxygens (including phenoxy) is 1. The fraction of sp³-hybridized carbons (Fsp3) is 0.250. The van der Waals surface area contributed by atoms with Crippen LogP contribution in [0.3, 0.4) is 0 Å². The zero-order valence-electron chi connectivity index (χ0n) is 16.8. The predicted octanol–water partition coefficient (Wildman–Crippen LogP) is 1.90. The van der Waals surface area contributed by atoms with Crippen molar-refractivity contribution in [3.05, 3.63) is 60.2 Å². The van der Waals surface area contributed by atoms with E-state index in [1.807, 2.05) is 5.32 Å². The van der Waals surface area contributed by atoms with Crippen molar-refractivity contribution in [1.82, 2.24) is 10.6 Å². The Kier molecular flexibility index (Phi) is 7.54. The number of benzene rings is 2. The van der Waals surface area contributed by atoms with Gasteiger partial charge >= 0.3 is 12.0 Å². The number of rotatable bonds is 7. The van der Waals surface area contributed by atoms with E-state index < -0.39 is 34.0 Å². The Morgan fingerprint density at radius 3 is 2.17 bits per heavy atom. The molecule has 10 heteroatoms. The first-order valence-corrected chi connectivity index (χ1v) is 10.6. The van der Waals surface area contributed by atoms with Crippen molar-refractivity contribution in [2.45, 2.75) is 24.8 Å². The van der Waals surface area contributed by atoms with Crippen LogP contribution in [0.4, 0.5) is 10.5 Å². The second kappa shape index (κ2) is 9.88. The Morgan fingerprint density at radius 1 is 1.03 bits per heavy atom. The van der Waals surface area contributed by atoms with Gasteiger partial charge in [0.15, 0.2) is 6.10 Å². The third-order valence-corrected chi connectivity index (χ3v) is 6.04. The molecule has 3 amide bonds. The molecule has 160 valence electrons. The zero-order chi connectivity index (χ0) is 22.3. The zero-order valence-corrected chi connectivity index (χ0v) is 17.6. The number of amides is 3. The number of urea groups is 1. The minimum Gasteiger partial charge on any atom is -0.449 e. The van der Waals surface area contributed by atoms with Crippen LogP contribution in [-0.4, -0.2) is 46.0 Å². The van der Waals surface area contributed by atoms with Gasteiger partial charge in [0.2, 0.25) is 0 Å². The van der Waals surface area contributed by atoms with Crippen LogP contribution in [0, 0.1) is 0 Å². The van der Waals surface area contributed by atoms with E-state index in [1.54, 1.807) is 37.3 Å². The fourth-order valence-corrected chi connectivity index (χ4v) is 4.01. The molecule has 0 saturated heterocycles. The highest BCUT2D eigenvalue weighted by Gasteiger charge is 2.25. The van der Waals surface area contributed by atoms with Gasteiger partial charge in [-0.3, -0.25) is 14.4 Å². The minimum absolute atomic E-state index is 0.00941. The van der Waals surface area contributed by atoms with Crippen LogP contribution in [0.15, 0.2) is 59.5 Å². The molecule has 2 aromatic rings. The molecule has 0 spiro atoms. The third-order valence-electron chi connectivity index (χ3n) is 4.13. The van der Waals surface area contributed by atoms with Gasteiger partial charge in [-0.05, 0) is 50.2 Å². The highest BCUT2D eigenvalue weighted by molar-refractivity contribution is 7.92. The van der Waals surface area contributed by atoms with Gasteiger partial charge in [0.25, 0.3) is 15.9 Å². The minimum atomic E-state index is -3.83. The van der Waals surface area contributed by atoms with Crippen molar-refractivity contribution < 1.29 is 27.5 Å². The van der Waals surface area contributed by atoms with Crippen LogP contribution in [-0.2, 0) is 19.6 Å². The van der Waals surface area contributed by atoms with Crippen LogP contribution in [0.25, 0.3) is 0 Å². The van der Waals surface area contributed by atoms with Crippen LogP contribution in [0.2, 0.25) is 0 Å². The van der Waals surface area contributed by atoms with E-state index in [2.05, 4.69) is 5.32 Å². The maximum absolute atomic E-state index is 13.0. The summed E-state index contributed by atoms with van der Waals surface area (Å²) < 4.78 is 32.2. The molecule has 0 unspecified atom stereocenters. The second-order valence-electron chi connectivity index (χ2n) is 6.15. The molecule has 0 bridgehead atoms. The number of nitrogens with zero attached hydrogens (tertiary/aromatic N) is 1. The lowest BCUT2D eigenvalue weighted by Crippen LogP contribution is -2.43. The maximum Gasteiger partial charge on any atom is 0.338 e. The summed E-state index contributed by atoms with van der Waals surface area (Å²) in [5.74, 6) is -1.61. The van der Waals surface area contributed by atoms with Crippen molar-refractivity contribution in [3.8, 4) is 0 Å². The number of anilines is 1. The quantitative estimate of drug-likeness (QED) is 0.643. The predicted molar refractivity (Wildman–Crippen MR) is 111 cm³/mol. The molecule has 2 N–H and O–H groups in total. The summed E-state index contributed by atoms with van der Waals surface area (Å²) in [6.07, 6.45) is -1.22. The van der Waals surface area contributed by atoms with Crippen molar-refractivity contribution in [1.29, 1.82) is 0 Å². The summed E-state index contributed by atoms with van der Waals surface area (Å²) in [6.45, 7) is 3.27. The molecule has 0 aliphatic rings. The first kappa shape index (κ1) is 22.9. The summed E-state index contributed by atoms with van der Waals surface area (Å²) >= 11 is 0. The van der Waals surface area contributed by atoms with E-state index in [1.165, 1.54) is 42.5 Å². The summed E-state index contributed by atoms with van der Waals surface area (Å²) in [6, 6.07) is 13.1. The van der Waals surface area contributed by atoms with Crippen LogP contribution in [0.5, 0.6) is 0 Å². The average molecular weight is 433 g/mol. The molecule has 0 saturated carbocycles. The lowest BCUT2D eigenvalue weighted by atomic mass is 10.2. The first-order valence-electron chi connectivity index (χ1n) is 9.12. The summed E-state index contributed by atoms with van der Waals surface area (Å²) in [5.41, 5.74) is 0.593. The standard InChI is InChI=1S/C20H23N3O6S/c1-4-23(16-8-6-5-7-9-16)30(27,28)17-12-10-15(11-13-17)19(25)29-14(2)18(24)22-20(26)21-3/h5-14H,4H2,1-3H3,(H2,21,22,24,26)/t14-/m1/s1. The Balaban J connectivity index is 2.14. The molecule has 30 heavy (non-hydrogen) atoms. The van der Waals surface area contributed by atoms with E-state index in [-0.39, 0.29) is 17.0 Å². The second-order valence-corrected chi connectivity index (χ2v) is 8.01. The Hall–Kier alpha value is -3.40. The number of sulfonamides is 1. The fourth-order valence-electron chi connectivity index (χ4n) is 2.53. The van der Waals surface area contributed by atoms with Crippen LogP contribution in [0.1, 0.15) is 24.2 Å². The topological polar surface area (TPSA) is 122 Å². The van der Waals surface area contributed by atoms with Gasteiger partial charge in [0, 0.05) is 13.6 Å². The summed E-state index contributed by atoms with van der Waals surface area (Å²) in [4.78, 5) is 35.2. The number of hydrogen-bond donors (Lipinski definition) is 2. The first-order chi connectivity index (χ1) is 14.2. The highest BCUT2D eigenvalue weighted by atomic mass is 32.2. The van der Waals surface area contributed by atoms with Crippen molar-refractivity contribution >= 4 is 33.6 Å². The number of esters is 1. The van der Waals surface area contributed by atoms with Crippen molar-refractivity contribution in [3.63, 3.8) is 0 Å². The van der Waals surface area contributed by atoms with Crippen LogP contribution >= 0.6 is 0 Å². The normalized spacial score (nSPS) is 11.8. The number of para-hydroxylation sites is 1. The van der Waals surface area contributed by atoms with E-state index >= 15 is 0 Å². The van der Waals surface area contributed by atoms with Crippen molar-refractivity contribution in [2.75, 3.05) is 17.9 Å². The molecule has 1 atom stereocenters. The molecule has 9 nitrogen and oxygen atoms in total. The number of imide groups is 1. The Bertz CT molecular complexity index is 1010. The molecule has 0 aliphatic heterocycles. The van der Waals surface area contributed by atoms with Gasteiger partial charge in [0.1, 0.15) is 0 Å². The van der Waals surface area contributed by atoms with Crippen molar-refractivity contribution in [2.24, 2.45) is 0 Å². The lowest BCUT2D eigenvalue weighted by molar-refractivity contribution is -0.127. The summed E-state index contributed by atoms with van der Waals surface area (Å²) in [7, 11) is -2.49. The molecule has 0 radical (unpaired) electrons. The maximum atomic E-state index is 13.0. The van der Waals surface area contributed by atoms with Crippen LogP contribution < -0.4 is 14.9 Å². The van der Waals surface area contributed by atoms with E-state index in [0.29, 0.717) is 5.69 Å². The SMILES string of the molecule is CCN(c1ccccc1)S(=O)(=O)c1ccc(C(=O)O[C@H](C)C(=O)NC(=O)NC)cc1. The monoisotopic (exact) mass is 433 g/mol. The summed E-state index contributed by atoms with van der Waals surface area (Å²) in [5, 5.41) is 4.21. The van der Waals surface area contributed by atoms with Gasteiger partial charge in [-0.15, -0.1) is 0 Å². The largest absolute Gasteiger partial charge is 0.449 e. The van der Waals surface area contributed by atoms with Gasteiger partial charge in [-0.1, -0.05) is 18.2 Å². The molecular formula is C20H23N3O6S. The van der Waals surface area contributed by atoms with E-state index in [4.69, 9.17) is 4.74 Å². The smallest absolute Gasteiger partial charge is 0.338 e. The Morgan fingerprint density at radius 2 is 1.63 bits per heavy atom. The molecule has 0 fully saturated rings. The number of hydrogen-bond acceptors (Lipinski definition) is 6. The van der Waals surface area contributed by atoms with E-state index in [9.17, 15) is 22.8 Å². The van der Waals surface area contributed by atoms with Gasteiger partial charge in [0.05, 0.1) is 16.1 Å². The highest BCUT2D eigenvalue weighted by Crippen LogP contribution is 2.23. The molecule has 2 rings (SSSR count). The Labute approximate surface area is 175 Å². The van der Waals surface area contributed by atoms with Gasteiger partial charge < -0.3 is 10.1 Å². The number of nitrogens with one attached hydrogen (secondary N) is 2. The number of carbonyl (C=O) groups is 3.